The summed E-state index contributed by atoms with van der Waals surface area (Å²) in [6, 6.07) is 13.0. The number of esters is 1. The molecule has 5 heteroatoms. The highest BCUT2D eigenvalue weighted by atomic mass is 32.1. The predicted octanol–water partition coefficient (Wildman–Crippen LogP) is 3.09. The highest BCUT2D eigenvalue weighted by Gasteiger charge is 2.14. The van der Waals surface area contributed by atoms with Crippen LogP contribution in [0.1, 0.15) is 33.1 Å². The first-order chi connectivity index (χ1) is 10.1. The predicted molar refractivity (Wildman–Crippen MR) is 82.3 cm³/mol. The van der Waals surface area contributed by atoms with Gasteiger partial charge >= 0.3 is 5.97 Å². The standard InChI is InChI=1S/C16H17NO3S/c1-11-8-9-14(21-11)16(19)20-10-15(18)17-12(2)13-6-4-3-5-7-13/h3-9,12H,10H2,1-2H3,(H,17,18)/t12-/m1/s1. The Morgan fingerprint density at radius 1 is 1.19 bits per heavy atom. The molecule has 4 nitrogen and oxygen atoms in total. The van der Waals surface area contributed by atoms with Gasteiger partial charge in [-0.25, -0.2) is 4.79 Å². The number of hydrogen-bond acceptors (Lipinski definition) is 4. The maximum absolute atomic E-state index is 11.8. The molecule has 1 heterocycles. The summed E-state index contributed by atoms with van der Waals surface area (Å²) in [5.74, 6) is -0.774. The molecular formula is C16H17NO3S. The van der Waals surface area contributed by atoms with Crippen LogP contribution < -0.4 is 5.32 Å². The van der Waals surface area contributed by atoms with Crippen molar-refractivity contribution < 1.29 is 14.3 Å². The molecular weight excluding hydrogens is 286 g/mol. The molecule has 0 radical (unpaired) electrons. The van der Waals surface area contributed by atoms with E-state index < -0.39 is 5.97 Å². The van der Waals surface area contributed by atoms with Gasteiger partial charge in [-0.05, 0) is 31.5 Å². The van der Waals surface area contributed by atoms with E-state index in [9.17, 15) is 9.59 Å². The molecule has 2 rings (SSSR count). The van der Waals surface area contributed by atoms with Crippen molar-refractivity contribution in [1.29, 1.82) is 0 Å². The number of thiophene rings is 1. The van der Waals surface area contributed by atoms with Crippen LogP contribution in [0.15, 0.2) is 42.5 Å². The highest BCUT2D eigenvalue weighted by Crippen LogP contribution is 2.16. The fraction of sp³-hybridized carbons (Fsp3) is 0.250. The van der Waals surface area contributed by atoms with Crippen molar-refractivity contribution in [2.24, 2.45) is 0 Å². The molecule has 1 aromatic carbocycles. The number of carbonyl (C=O) groups is 2. The van der Waals surface area contributed by atoms with Crippen molar-refractivity contribution in [1.82, 2.24) is 5.32 Å². The monoisotopic (exact) mass is 303 g/mol. The Hall–Kier alpha value is -2.14. The van der Waals surface area contributed by atoms with Crippen molar-refractivity contribution in [3.05, 3.63) is 57.8 Å². The van der Waals surface area contributed by atoms with Gasteiger partial charge in [0.15, 0.2) is 6.61 Å². The minimum atomic E-state index is -0.462. The molecule has 0 saturated carbocycles. The first kappa shape index (κ1) is 15.3. The van der Waals surface area contributed by atoms with Gasteiger partial charge in [0.25, 0.3) is 5.91 Å². The molecule has 0 aliphatic heterocycles. The van der Waals surface area contributed by atoms with Crippen LogP contribution in [0.5, 0.6) is 0 Å². The van der Waals surface area contributed by atoms with E-state index >= 15 is 0 Å². The minimum Gasteiger partial charge on any atom is -0.451 e. The zero-order valence-corrected chi connectivity index (χ0v) is 12.8. The number of amides is 1. The average Bonchev–Trinajstić information content (AvgIpc) is 2.92. The first-order valence-electron chi connectivity index (χ1n) is 6.64. The molecule has 0 unspecified atom stereocenters. The van der Waals surface area contributed by atoms with Crippen molar-refractivity contribution in [2.45, 2.75) is 19.9 Å². The third kappa shape index (κ3) is 4.43. The second kappa shape index (κ2) is 7.04. The number of carbonyl (C=O) groups excluding carboxylic acids is 2. The van der Waals surface area contributed by atoms with Gasteiger partial charge in [-0.1, -0.05) is 30.3 Å². The van der Waals surface area contributed by atoms with Gasteiger partial charge in [0, 0.05) is 4.88 Å². The molecule has 0 spiro atoms. The third-order valence-corrected chi connectivity index (χ3v) is 3.93. The normalized spacial score (nSPS) is 11.7. The zero-order valence-electron chi connectivity index (χ0n) is 12.0. The van der Waals surface area contributed by atoms with Crippen LogP contribution in [-0.2, 0) is 9.53 Å². The SMILES string of the molecule is Cc1ccc(C(=O)OCC(=O)N[C@H](C)c2ccccc2)s1. The lowest BCUT2D eigenvalue weighted by Gasteiger charge is -2.14. The molecule has 1 N–H and O–H groups in total. The highest BCUT2D eigenvalue weighted by molar-refractivity contribution is 7.13. The summed E-state index contributed by atoms with van der Waals surface area (Å²) in [4.78, 5) is 25.1. The summed E-state index contributed by atoms with van der Waals surface area (Å²) in [6.07, 6.45) is 0. The van der Waals surface area contributed by atoms with Crippen molar-refractivity contribution in [2.75, 3.05) is 6.61 Å². The molecule has 0 aliphatic rings. The van der Waals surface area contributed by atoms with E-state index in [1.807, 2.05) is 50.2 Å². The number of nitrogens with one attached hydrogen (secondary N) is 1. The second-order valence-corrected chi connectivity index (χ2v) is 5.97. The largest absolute Gasteiger partial charge is 0.451 e. The lowest BCUT2D eigenvalue weighted by Crippen LogP contribution is -2.31. The molecule has 0 fully saturated rings. The maximum Gasteiger partial charge on any atom is 0.348 e. The van der Waals surface area contributed by atoms with Crippen LogP contribution in [0.25, 0.3) is 0 Å². The summed E-state index contributed by atoms with van der Waals surface area (Å²) in [7, 11) is 0. The molecule has 0 aliphatic carbocycles. The lowest BCUT2D eigenvalue weighted by molar-refractivity contribution is -0.124. The zero-order chi connectivity index (χ0) is 15.2. The van der Waals surface area contributed by atoms with Gasteiger partial charge in [0.2, 0.25) is 0 Å². The summed E-state index contributed by atoms with van der Waals surface area (Å²) < 4.78 is 5.00. The summed E-state index contributed by atoms with van der Waals surface area (Å²) in [5, 5.41) is 2.80. The van der Waals surface area contributed by atoms with E-state index in [0.29, 0.717) is 4.88 Å². The molecule has 2 aromatic rings. The van der Waals surface area contributed by atoms with Crippen LogP contribution >= 0.6 is 11.3 Å². The molecule has 21 heavy (non-hydrogen) atoms. The number of aryl methyl sites for hydroxylation is 1. The van der Waals surface area contributed by atoms with Gasteiger partial charge in [0.05, 0.1) is 6.04 Å². The number of benzene rings is 1. The van der Waals surface area contributed by atoms with Crippen LogP contribution in [-0.4, -0.2) is 18.5 Å². The smallest absolute Gasteiger partial charge is 0.348 e. The van der Waals surface area contributed by atoms with Gasteiger partial charge in [-0.2, -0.15) is 0 Å². The quantitative estimate of drug-likeness (QED) is 0.864. The van der Waals surface area contributed by atoms with Crippen molar-refractivity contribution in [3.63, 3.8) is 0 Å². The summed E-state index contributed by atoms with van der Waals surface area (Å²) >= 11 is 1.35. The summed E-state index contributed by atoms with van der Waals surface area (Å²) in [5.41, 5.74) is 1.01. The van der Waals surface area contributed by atoms with Gasteiger partial charge < -0.3 is 10.1 Å². The molecule has 110 valence electrons. The van der Waals surface area contributed by atoms with Crippen LogP contribution in [0.4, 0.5) is 0 Å². The Morgan fingerprint density at radius 2 is 1.90 bits per heavy atom. The van der Waals surface area contributed by atoms with Gasteiger partial charge in [0.1, 0.15) is 4.88 Å². The van der Waals surface area contributed by atoms with Gasteiger partial charge in [-0.3, -0.25) is 4.79 Å². The Morgan fingerprint density at radius 3 is 2.52 bits per heavy atom. The van der Waals surface area contributed by atoms with Crippen LogP contribution in [0.3, 0.4) is 0 Å². The van der Waals surface area contributed by atoms with E-state index in [2.05, 4.69) is 5.32 Å². The number of ether oxygens (including phenoxy) is 1. The Balaban J connectivity index is 1.81. The van der Waals surface area contributed by atoms with E-state index in [4.69, 9.17) is 4.74 Å². The Kier molecular flexibility index (Phi) is 5.11. The lowest BCUT2D eigenvalue weighted by atomic mass is 10.1. The number of rotatable bonds is 5. The van der Waals surface area contributed by atoms with E-state index in [1.165, 1.54) is 11.3 Å². The Bertz CT molecular complexity index is 621. The van der Waals surface area contributed by atoms with E-state index in [-0.39, 0.29) is 18.6 Å². The second-order valence-electron chi connectivity index (χ2n) is 4.69. The molecule has 1 atom stereocenters. The van der Waals surface area contributed by atoms with E-state index in [1.54, 1.807) is 6.07 Å². The third-order valence-electron chi connectivity index (χ3n) is 2.95. The van der Waals surface area contributed by atoms with Crippen LogP contribution in [0, 0.1) is 6.92 Å². The maximum atomic E-state index is 11.8. The number of hydrogen-bond donors (Lipinski definition) is 1. The van der Waals surface area contributed by atoms with Crippen molar-refractivity contribution >= 4 is 23.2 Å². The minimum absolute atomic E-state index is 0.124. The topological polar surface area (TPSA) is 55.4 Å². The Labute approximate surface area is 127 Å². The van der Waals surface area contributed by atoms with Crippen LogP contribution in [0.2, 0.25) is 0 Å². The molecule has 1 amide bonds. The fourth-order valence-electron chi connectivity index (χ4n) is 1.85. The van der Waals surface area contributed by atoms with E-state index in [0.717, 1.165) is 10.4 Å². The van der Waals surface area contributed by atoms with Gasteiger partial charge in [-0.15, -0.1) is 11.3 Å². The fourth-order valence-corrected chi connectivity index (χ4v) is 2.62. The molecule has 1 aromatic heterocycles. The molecule has 0 bridgehead atoms. The first-order valence-corrected chi connectivity index (χ1v) is 7.46. The summed E-state index contributed by atoms with van der Waals surface area (Å²) in [6.45, 7) is 3.53. The van der Waals surface area contributed by atoms with Crippen molar-refractivity contribution in [3.8, 4) is 0 Å². The molecule has 0 saturated heterocycles. The average molecular weight is 303 g/mol.